The zero-order chi connectivity index (χ0) is 25.0. The Morgan fingerprint density at radius 1 is 1.31 bits per heavy atom. The molecule has 10 heteroatoms. The number of hydrogen-bond acceptors (Lipinski definition) is 5. The van der Waals surface area contributed by atoms with Gasteiger partial charge in [0.25, 0.3) is 0 Å². The first-order valence-electron chi connectivity index (χ1n) is 11.2. The van der Waals surface area contributed by atoms with Crippen molar-refractivity contribution in [2.24, 2.45) is 0 Å². The number of ether oxygens (including phenoxy) is 2. The van der Waals surface area contributed by atoms with Crippen LogP contribution in [0.25, 0.3) is 5.65 Å². The van der Waals surface area contributed by atoms with Crippen LogP contribution in [0.3, 0.4) is 0 Å². The van der Waals surface area contributed by atoms with Crippen LogP contribution in [0, 0.1) is 18.8 Å². The third-order valence-electron chi connectivity index (χ3n) is 5.66. The van der Waals surface area contributed by atoms with Crippen molar-refractivity contribution in [3.05, 3.63) is 59.0 Å². The molecule has 0 spiro atoms. The zero-order valence-corrected chi connectivity index (χ0v) is 19.4. The number of halogens is 4. The normalized spacial score (nSPS) is 18.6. The van der Waals surface area contributed by atoms with Crippen molar-refractivity contribution in [2.45, 2.75) is 31.7 Å². The second-order valence-electron chi connectivity index (χ2n) is 8.24. The van der Waals surface area contributed by atoms with Crippen LogP contribution >= 0.6 is 0 Å². The highest BCUT2D eigenvalue weighted by Gasteiger charge is 2.33. The molecule has 1 aliphatic rings. The maximum Gasteiger partial charge on any atom is 0.394 e. The predicted octanol–water partition coefficient (Wildman–Crippen LogP) is 4.22. The number of fused-ring (bicyclic) bond motifs is 1. The quantitative estimate of drug-likeness (QED) is 0.415. The van der Waals surface area contributed by atoms with Crippen LogP contribution in [0.1, 0.15) is 28.6 Å². The van der Waals surface area contributed by atoms with Gasteiger partial charge in [-0.15, -0.1) is 0 Å². The summed E-state index contributed by atoms with van der Waals surface area (Å²) in [7, 11) is 1.56. The van der Waals surface area contributed by atoms with Crippen LogP contribution in [0.2, 0.25) is 0 Å². The molecule has 3 heterocycles. The number of nitrogens with zero attached hydrogens (tertiary/aromatic N) is 2. The molecular formula is C25H26F4N4O2. The van der Waals surface area contributed by atoms with E-state index in [1.54, 1.807) is 19.2 Å². The molecule has 0 unspecified atom stereocenters. The summed E-state index contributed by atoms with van der Waals surface area (Å²) in [4.78, 5) is 4.42. The highest BCUT2D eigenvalue weighted by molar-refractivity contribution is 5.59. The van der Waals surface area contributed by atoms with Gasteiger partial charge in [-0.2, -0.15) is 13.2 Å². The van der Waals surface area contributed by atoms with Gasteiger partial charge in [0.05, 0.1) is 50.7 Å². The van der Waals surface area contributed by atoms with E-state index in [2.05, 4.69) is 27.5 Å². The number of alkyl halides is 4. The zero-order valence-electron chi connectivity index (χ0n) is 19.4. The van der Waals surface area contributed by atoms with E-state index in [-0.39, 0.29) is 30.2 Å². The monoisotopic (exact) mass is 490 g/mol. The van der Waals surface area contributed by atoms with Crippen LogP contribution in [0.4, 0.5) is 23.2 Å². The standard InChI is InChI=1S/C25H26F4N4O2/c1-16-7-8-20(22(13-16)34-2)30-9-3-6-19-21(14-25(27,28)29)33-11-4-5-17(24(33)32-19)23-18(26)15-35-12-10-31-23/h4-5,7-8,11,13,18,23,30-31H,9-10,12,14-15H2,1-2H3/t18-,23-/m1/s1. The summed E-state index contributed by atoms with van der Waals surface area (Å²) < 4.78 is 66.9. The maximum atomic E-state index is 14.7. The van der Waals surface area contributed by atoms with Crippen molar-refractivity contribution in [2.75, 3.05) is 38.7 Å². The van der Waals surface area contributed by atoms with E-state index >= 15 is 0 Å². The number of rotatable bonds is 5. The Morgan fingerprint density at radius 2 is 2.14 bits per heavy atom. The molecule has 0 saturated carbocycles. The largest absolute Gasteiger partial charge is 0.495 e. The number of aromatic nitrogens is 2. The van der Waals surface area contributed by atoms with Gasteiger partial charge in [-0.05, 0) is 36.6 Å². The highest BCUT2D eigenvalue weighted by atomic mass is 19.4. The Bertz CT molecular complexity index is 1250. The third kappa shape index (κ3) is 5.86. The highest BCUT2D eigenvalue weighted by Crippen LogP contribution is 2.30. The van der Waals surface area contributed by atoms with Crippen LogP contribution in [-0.2, 0) is 11.2 Å². The Balaban J connectivity index is 1.67. The average molecular weight is 491 g/mol. The van der Waals surface area contributed by atoms with E-state index in [9.17, 15) is 17.6 Å². The molecule has 1 saturated heterocycles. The lowest BCUT2D eigenvalue weighted by Crippen LogP contribution is -2.30. The first-order valence-corrected chi connectivity index (χ1v) is 11.2. The van der Waals surface area contributed by atoms with E-state index in [0.29, 0.717) is 24.5 Å². The first kappa shape index (κ1) is 24.8. The third-order valence-corrected chi connectivity index (χ3v) is 5.66. The second-order valence-corrected chi connectivity index (χ2v) is 8.24. The first-order chi connectivity index (χ1) is 16.8. The van der Waals surface area contributed by atoms with Crippen LogP contribution in [0.15, 0.2) is 36.5 Å². The molecule has 2 atom stereocenters. The lowest BCUT2D eigenvalue weighted by Gasteiger charge is -2.20. The fourth-order valence-electron chi connectivity index (χ4n) is 4.06. The summed E-state index contributed by atoms with van der Waals surface area (Å²) in [6.45, 7) is 2.77. The predicted molar refractivity (Wildman–Crippen MR) is 125 cm³/mol. The summed E-state index contributed by atoms with van der Waals surface area (Å²) in [6, 6.07) is 8.13. The molecule has 186 valence electrons. The van der Waals surface area contributed by atoms with Crippen LogP contribution in [-0.4, -0.2) is 55.1 Å². The number of pyridine rings is 1. The van der Waals surface area contributed by atoms with Gasteiger partial charge in [-0.3, -0.25) is 0 Å². The minimum atomic E-state index is -4.47. The van der Waals surface area contributed by atoms with Crippen molar-refractivity contribution in [3.8, 4) is 17.6 Å². The van der Waals surface area contributed by atoms with Crippen LogP contribution < -0.4 is 15.4 Å². The van der Waals surface area contributed by atoms with Gasteiger partial charge in [0.15, 0.2) is 0 Å². The molecule has 1 aliphatic heterocycles. The van der Waals surface area contributed by atoms with E-state index in [4.69, 9.17) is 9.47 Å². The van der Waals surface area contributed by atoms with Gasteiger partial charge in [-0.25, -0.2) is 9.37 Å². The van der Waals surface area contributed by atoms with Gasteiger partial charge in [0.2, 0.25) is 0 Å². The molecule has 1 aromatic carbocycles. The number of anilines is 1. The average Bonchev–Trinajstić information content (AvgIpc) is 3.00. The maximum absolute atomic E-state index is 14.7. The summed E-state index contributed by atoms with van der Waals surface area (Å²) >= 11 is 0. The minimum absolute atomic E-state index is 0.00715. The molecule has 4 rings (SSSR count). The van der Waals surface area contributed by atoms with E-state index < -0.39 is 24.8 Å². The number of hydrogen-bond donors (Lipinski definition) is 2. The molecular weight excluding hydrogens is 464 g/mol. The topological polar surface area (TPSA) is 59.8 Å². The van der Waals surface area contributed by atoms with Gasteiger partial charge in [0, 0.05) is 18.3 Å². The molecule has 3 aromatic rings. The Kier molecular flexibility index (Phi) is 7.48. The van der Waals surface area contributed by atoms with E-state index in [1.165, 1.54) is 10.6 Å². The Hall–Kier alpha value is -3.29. The summed E-state index contributed by atoms with van der Waals surface area (Å²) in [5, 5.41) is 6.18. The lowest BCUT2D eigenvalue weighted by atomic mass is 10.0. The SMILES string of the molecule is COc1cc(C)ccc1NCC#Cc1nc2c([C@H]3NCCOC[C@H]3F)cccn2c1CC(F)(F)F. The molecule has 1 fully saturated rings. The number of benzene rings is 1. The summed E-state index contributed by atoms with van der Waals surface area (Å²) in [5.74, 6) is 6.27. The van der Waals surface area contributed by atoms with Gasteiger partial charge in [0.1, 0.15) is 23.3 Å². The molecule has 0 bridgehead atoms. The number of aryl methyl sites for hydroxylation is 1. The second kappa shape index (κ2) is 10.5. The molecule has 2 aromatic heterocycles. The molecule has 0 amide bonds. The van der Waals surface area contributed by atoms with Gasteiger partial charge in [-0.1, -0.05) is 18.1 Å². The molecule has 0 aliphatic carbocycles. The number of imidazole rings is 1. The fourth-order valence-corrected chi connectivity index (χ4v) is 4.06. The Labute approximate surface area is 200 Å². The van der Waals surface area contributed by atoms with Crippen molar-refractivity contribution >= 4 is 11.3 Å². The van der Waals surface area contributed by atoms with Crippen LogP contribution in [0.5, 0.6) is 5.75 Å². The number of methoxy groups -OCH3 is 1. The van der Waals surface area contributed by atoms with Crippen molar-refractivity contribution < 1.29 is 27.0 Å². The van der Waals surface area contributed by atoms with Gasteiger partial charge >= 0.3 is 6.18 Å². The molecule has 0 radical (unpaired) electrons. The summed E-state index contributed by atoms with van der Waals surface area (Å²) in [6.07, 6.45) is -5.54. The van der Waals surface area contributed by atoms with Crippen molar-refractivity contribution in [1.82, 2.24) is 14.7 Å². The van der Waals surface area contributed by atoms with Crippen molar-refractivity contribution in [1.29, 1.82) is 0 Å². The van der Waals surface area contributed by atoms with E-state index in [0.717, 1.165) is 11.3 Å². The molecule has 2 N–H and O–H groups in total. The smallest absolute Gasteiger partial charge is 0.394 e. The number of nitrogens with one attached hydrogen (secondary N) is 2. The summed E-state index contributed by atoms with van der Waals surface area (Å²) in [5.41, 5.74) is 2.37. The Morgan fingerprint density at radius 3 is 2.91 bits per heavy atom. The van der Waals surface area contributed by atoms with Gasteiger partial charge < -0.3 is 24.5 Å². The molecule has 35 heavy (non-hydrogen) atoms. The molecule has 6 nitrogen and oxygen atoms in total. The fraction of sp³-hybridized carbons (Fsp3) is 0.400. The minimum Gasteiger partial charge on any atom is -0.495 e. The van der Waals surface area contributed by atoms with E-state index in [1.807, 2.05) is 25.1 Å². The van der Waals surface area contributed by atoms with Crippen molar-refractivity contribution in [3.63, 3.8) is 0 Å². The lowest BCUT2D eigenvalue weighted by molar-refractivity contribution is -0.128.